The predicted molar refractivity (Wildman–Crippen MR) is 52.5 cm³/mol. The first-order chi connectivity index (χ1) is 6.45. The molecule has 0 radical (unpaired) electrons. The van der Waals surface area contributed by atoms with Crippen LogP contribution in [0.1, 0.15) is 20.7 Å². The Morgan fingerprint density at radius 1 is 1.21 bits per heavy atom. The van der Waals surface area contributed by atoms with Crippen LogP contribution in [0.25, 0.3) is 0 Å². The smallest absolute Gasteiger partial charge is 0.337 e. The molecule has 0 bridgehead atoms. The average Bonchev–Trinajstić information content (AvgIpc) is 2.08. The number of hydrogen-bond donors (Lipinski definition) is 3. The van der Waals surface area contributed by atoms with Gasteiger partial charge in [-0.2, -0.15) is 0 Å². The topological polar surface area (TPSA) is 101 Å². The minimum Gasteiger partial charge on any atom is -0.478 e. The van der Waals surface area contributed by atoms with Gasteiger partial charge in [-0.3, -0.25) is 0 Å². The summed E-state index contributed by atoms with van der Waals surface area (Å²) in [5, 5.41) is 17.5. The molecule has 6 heteroatoms. The number of anilines is 1. The number of carbonyl (C=O) groups is 2. The monoisotopic (exact) mass is 259 g/mol. The van der Waals surface area contributed by atoms with E-state index in [1.165, 1.54) is 6.07 Å². The quantitative estimate of drug-likeness (QED) is 0.698. The zero-order valence-electron chi connectivity index (χ0n) is 6.82. The van der Waals surface area contributed by atoms with E-state index in [1.54, 1.807) is 0 Å². The fraction of sp³-hybridized carbons (Fsp3) is 0. The molecular formula is C8H6BrNO4. The number of benzene rings is 1. The summed E-state index contributed by atoms with van der Waals surface area (Å²) >= 11 is 2.93. The van der Waals surface area contributed by atoms with Gasteiger partial charge in [-0.05, 0) is 28.1 Å². The third kappa shape index (κ3) is 1.69. The van der Waals surface area contributed by atoms with Gasteiger partial charge in [-0.1, -0.05) is 0 Å². The highest BCUT2D eigenvalue weighted by Gasteiger charge is 2.20. The molecule has 14 heavy (non-hydrogen) atoms. The Morgan fingerprint density at radius 2 is 1.79 bits per heavy atom. The van der Waals surface area contributed by atoms with Crippen LogP contribution in [0.4, 0.5) is 5.69 Å². The number of carboxylic acid groups (broad SMARTS) is 2. The minimum atomic E-state index is -1.33. The lowest BCUT2D eigenvalue weighted by Gasteiger charge is -2.05. The summed E-state index contributed by atoms with van der Waals surface area (Å²) in [6, 6.07) is 2.49. The first kappa shape index (κ1) is 10.5. The Kier molecular flexibility index (Phi) is 2.76. The summed E-state index contributed by atoms with van der Waals surface area (Å²) in [7, 11) is 0. The van der Waals surface area contributed by atoms with E-state index in [0.29, 0.717) is 0 Å². The zero-order chi connectivity index (χ0) is 10.9. The van der Waals surface area contributed by atoms with Gasteiger partial charge in [0, 0.05) is 5.69 Å². The molecule has 1 aromatic rings. The summed E-state index contributed by atoms with van der Waals surface area (Å²) < 4.78 is 0.0879. The molecule has 0 aromatic heterocycles. The van der Waals surface area contributed by atoms with Crippen molar-refractivity contribution >= 4 is 33.6 Å². The minimum absolute atomic E-state index is 0.0879. The first-order valence-electron chi connectivity index (χ1n) is 3.49. The maximum Gasteiger partial charge on any atom is 0.337 e. The van der Waals surface area contributed by atoms with E-state index in [9.17, 15) is 9.59 Å². The van der Waals surface area contributed by atoms with E-state index < -0.39 is 11.9 Å². The lowest BCUT2D eigenvalue weighted by Crippen LogP contribution is -2.10. The molecule has 0 atom stereocenters. The highest BCUT2D eigenvalue weighted by molar-refractivity contribution is 9.10. The van der Waals surface area contributed by atoms with Crippen LogP contribution >= 0.6 is 15.9 Å². The largest absolute Gasteiger partial charge is 0.478 e. The molecule has 0 unspecified atom stereocenters. The van der Waals surface area contributed by atoms with Gasteiger partial charge in [0.2, 0.25) is 0 Å². The van der Waals surface area contributed by atoms with Crippen LogP contribution < -0.4 is 5.73 Å². The van der Waals surface area contributed by atoms with E-state index in [-0.39, 0.29) is 21.3 Å². The fourth-order valence-corrected chi connectivity index (χ4v) is 1.49. The summed E-state index contributed by atoms with van der Waals surface area (Å²) in [6.07, 6.45) is 0. The molecule has 0 saturated heterocycles. The summed E-state index contributed by atoms with van der Waals surface area (Å²) in [4.78, 5) is 21.4. The third-order valence-corrected chi connectivity index (χ3v) is 2.47. The number of halogens is 1. The van der Waals surface area contributed by atoms with Gasteiger partial charge in [0.25, 0.3) is 0 Å². The number of carboxylic acids is 2. The van der Waals surface area contributed by atoms with Crippen molar-refractivity contribution in [1.82, 2.24) is 0 Å². The highest BCUT2D eigenvalue weighted by atomic mass is 79.9. The molecule has 0 aliphatic carbocycles. The number of rotatable bonds is 2. The lowest BCUT2D eigenvalue weighted by atomic mass is 10.1. The maximum absolute atomic E-state index is 10.8. The van der Waals surface area contributed by atoms with E-state index in [1.807, 2.05) is 0 Å². The van der Waals surface area contributed by atoms with E-state index in [0.717, 1.165) is 6.07 Å². The van der Waals surface area contributed by atoms with Crippen molar-refractivity contribution < 1.29 is 19.8 Å². The molecule has 74 valence electrons. The van der Waals surface area contributed by atoms with Crippen LogP contribution in [0.5, 0.6) is 0 Å². The molecule has 0 aliphatic rings. The van der Waals surface area contributed by atoms with Gasteiger partial charge in [-0.15, -0.1) is 0 Å². The Bertz CT molecular complexity index is 416. The second-order valence-electron chi connectivity index (χ2n) is 2.50. The molecule has 4 N–H and O–H groups in total. The molecular weight excluding hydrogens is 254 g/mol. The molecule has 0 aliphatic heterocycles. The highest BCUT2D eigenvalue weighted by Crippen LogP contribution is 2.27. The molecule has 0 saturated carbocycles. The molecule has 1 rings (SSSR count). The van der Waals surface area contributed by atoms with Crippen LogP contribution in [-0.4, -0.2) is 22.2 Å². The van der Waals surface area contributed by atoms with Crippen LogP contribution in [0.3, 0.4) is 0 Å². The summed E-state index contributed by atoms with van der Waals surface area (Å²) in [5.74, 6) is -2.63. The normalized spacial score (nSPS) is 9.79. The second kappa shape index (κ2) is 3.67. The standard InChI is InChI=1S/C8H6BrNO4/c9-6-4(10)2-1-3(7(11)12)5(6)8(13)14/h1-2H,10H2,(H,11,12)(H,13,14). The zero-order valence-corrected chi connectivity index (χ0v) is 8.41. The predicted octanol–water partition coefficient (Wildman–Crippen LogP) is 1.43. The van der Waals surface area contributed by atoms with Crippen LogP contribution in [-0.2, 0) is 0 Å². The van der Waals surface area contributed by atoms with Crippen molar-refractivity contribution in [2.24, 2.45) is 0 Å². The van der Waals surface area contributed by atoms with Gasteiger partial charge in [0.1, 0.15) is 0 Å². The van der Waals surface area contributed by atoms with E-state index in [2.05, 4.69) is 15.9 Å². The van der Waals surface area contributed by atoms with Crippen LogP contribution in [0, 0.1) is 0 Å². The van der Waals surface area contributed by atoms with E-state index >= 15 is 0 Å². The first-order valence-corrected chi connectivity index (χ1v) is 4.29. The van der Waals surface area contributed by atoms with E-state index in [4.69, 9.17) is 15.9 Å². The second-order valence-corrected chi connectivity index (χ2v) is 3.29. The third-order valence-electron chi connectivity index (χ3n) is 1.62. The summed E-state index contributed by atoms with van der Waals surface area (Å²) in [6.45, 7) is 0. The van der Waals surface area contributed by atoms with Crippen molar-refractivity contribution in [3.8, 4) is 0 Å². The molecule has 1 aromatic carbocycles. The maximum atomic E-state index is 10.8. The Hall–Kier alpha value is -1.56. The molecule has 0 amide bonds. The summed E-state index contributed by atoms with van der Waals surface area (Å²) in [5.41, 5.74) is 4.98. The van der Waals surface area contributed by atoms with Crippen molar-refractivity contribution in [2.75, 3.05) is 5.73 Å². The SMILES string of the molecule is Nc1ccc(C(=O)O)c(C(=O)O)c1Br. The van der Waals surface area contributed by atoms with Crippen molar-refractivity contribution in [1.29, 1.82) is 0 Å². The molecule has 0 fully saturated rings. The van der Waals surface area contributed by atoms with Gasteiger partial charge in [-0.25, -0.2) is 9.59 Å². The molecule has 0 heterocycles. The number of hydrogen-bond acceptors (Lipinski definition) is 3. The van der Waals surface area contributed by atoms with Crippen molar-refractivity contribution in [2.45, 2.75) is 0 Å². The fourth-order valence-electron chi connectivity index (χ4n) is 0.979. The van der Waals surface area contributed by atoms with Gasteiger partial charge in [0.05, 0.1) is 15.6 Å². The Balaban J connectivity index is 3.53. The van der Waals surface area contributed by atoms with Crippen LogP contribution in [0.15, 0.2) is 16.6 Å². The number of nitrogens with two attached hydrogens (primary N) is 1. The molecule has 0 spiro atoms. The lowest BCUT2D eigenvalue weighted by molar-refractivity contribution is 0.0651. The van der Waals surface area contributed by atoms with Crippen molar-refractivity contribution in [3.63, 3.8) is 0 Å². The van der Waals surface area contributed by atoms with Gasteiger partial charge in [0.15, 0.2) is 0 Å². The van der Waals surface area contributed by atoms with Crippen LogP contribution in [0.2, 0.25) is 0 Å². The Morgan fingerprint density at radius 3 is 2.21 bits per heavy atom. The average molecular weight is 260 g/mol. The van der Waals surface area contributed by atoms with Gasteiger partial charge < -0.3 is 15.9 Å². The number of aromatic carboxylic acids is 2. The molecule has 5 nitrogen and oxygen atoms in total. The number of nitrogen functional groups attached to an aromatic ring is 1. The van der Waals surface area contributed by atoms with Crippen molar-refractivity contribution in [3.05, 3.63) is 27.7 Å². The Labute approximate surface area is 87.3 Å². The van der Waals surface area contributed by atoms with Gasteiger partial charge >= 0.3 is 11.9 Å².